The largest absolute Gasteiger partial charge is 0.493 e. The average molecular weight is 503 g/mol. The molecule has 0 unspecified atom stereocenters. The summed E-state index contributed by atoms with van der Waals surface area (Å²) in [6.07, 6.45) is 0. The number of nitrogens with one attached hydrogen (secondary N) is 1. The molecule has 2 fully saturated rings. The summed E-state index contributed by atoms with van der Waals surface area (Å²) in [5.74, 6) is 2.13. The molecule has 9 nitrogen and oxygen atoms in total. The van der Waals surface area contributed by atoms with Crippen LogP contribution in [0.4, 0.5) is 16.2 Å². The molecule has 0 aliphatic carbocycles. The second-order valence-electron chi connectivity index (χ2n) is 8.78. The van der Waals surface area contributed by atoms with E-state index in [0.29, 0.717) is 41.0 Å². The van der Waals surface area contributed by atoms with E-state index in [1.165, 1.54) is 9.80 Å². The quantitative estimate of drug-likeness (QED) is 0.446. The summed E-state index contributed by atoms with van der Waals surface area (Å²) >= 11 is 0. The fourth-order valence-electron chi connectivity index (χ4n) is 4.41. The van der Waals surface area contributed by atoms with Gasteiger partial charge in [0.25, 0.3) is 5.91 Å². The smallest absolute Gasteiger partial charge is 0.336 e. The van der Waals surface area contributed by atoms with Crippen LogP contribution in [0.25, 0.3) is 0 Å². The number of nitrogens with zero attached hydrogens (tertiary/aromatic N) is 3. The number of benzene rings is 3. The highest BCUT2D eigenvalue weighted by molar-refractivity contribution is 6.27. The standard InChI is InChI=1S/C28H30N4O5/c1-35-26-19-22(9-12-25(26)36-18-17-30-15-13-29-14-16-30)31-20-27(33)32(28(31)34)21-7-10-24(11-8-21)37-23-5-3-2-4-6-23/h2-12,19,29H,13-18,20H2,1H3. The Morgan fingerprint density at radius 1 is 0.838 bits per heavy atom. The summed E-state index contributed by atoms with van der Waals surface area (Å²) in [6.45, 7) is 5.29. The van der Waals surface area contributed by atoms with E-state index in [9.17, 15) is 9.59 Å². The second kappa shape index (κ2) is 11.3. The minimum absolute atomic E-state index is 0.0620. The molecule has 3 amide bonds. The van der Waals surface area contributed by atoms with E-state index in [1.54, 1.807) is 49.6 Å². The SMILES string of the molecule is COc1cc(N2CC(=O)N(c3ccc(Oc4ccccc4)cc3)C2=O)ccc1OCCN1CCNCC1. The molecule has 3 aromatic carbocycles. The molecular weight excluding hydrogens is 472 g/mol. The van der Waals surface area contributed by atoms with Crippen molar-refractivity contribution in [2.75, 3.05) is 62.8 Å². The zero-order chi connectivity index (χ0) is 25.6. The highest BCUT2D eigenvalue weighted by Crippen LogP contribution is 2.35. The van der Waals surface area contributed by atoms with Crippen molar-refractivity contribution in [3.63, 3.8) is 0 Å². The lowest BCUT2D eigenvalue weighted by Crippen LogP contribution is -2.44. The van der Waals surface area contributed by atoms with Crippen molar-refractivity contribution in [2.24, 2.45) is 0 Å². The van der Waals surface area contributed by atoms with Gasteiger partial charge in [-0.05, 0) is 48.5 Å². The van der Waals surface area contributed by atoms with Gasteiger partial charge >= 0.3 is 6.03 Å². The van der Waals surface area contributed by atoms with E-state index in [-0.39, 0.29) is 12.5 Å². The van der Waals surface area contributed by atoms with Crippen LogP contribution < -0.4 is 29.3 Å². The van der Waals surface area contributed by atoms with Crippen LogP contribution in [0.5, 0.6) is 23.0 Å². The Hall–Kier alpha value is -4.08. The number of para-hydroxylation sites is 1. The number of hydrogen-bond donors (Lipinski definition) is 1. The summed E-state index contributed by atoms with van der Waals surface area (Å²) in [5, 5.41) is 3.34. The Balaban J connectivity index is 1.24. The first kappa shape index (κ1) is 24.6. The van der Waals surface area contributed by atoms with Gasteiger partial charge in [0.15, 0.2) is 11.5 Å². The summed E-state index contributed by atoms with van der Waals surface area (Å²) in [5.41, 5.74) is 1.05. The number of methoxy groups -OCH3 is 1. The first-order chi connectivity index (χ1) is 18.1. The van der Waals surface area contributed by atoms with E-state index in [0.717, 1.165) is 32.7 Å². The van der Waals surface area contributed by atoms with Gasteiger partial charge in [-0.3, -0.25) is 14.6 Å². The third-order valence-electron chi connectivity index (χ3n) is 6.37. The van der Waals surface area contributed by atoms with Crippen LogP contribution in [0.15, 0.2) is 72.8 Å². The van der Waals surface area contributed by atoms with Crippen LogP contribution in [0.2, 0.25) is 0 Å². The van der Waals surface area contributed by atoms with Crippen LogP contribution in [0, 0.1) is 0 Å². The number of rotatable bonds is 9. The maximum Gasteiger partial charge on any atom is 0.336 e. The highest BCUT2D eigenvalue weighted by atomic mass is 16.5. The number of carbonyl (C=O) groups is 2. The molecule has 37 heavy (non-hydrogen) atoms. The molecule has 3 aromatic rings. The van der Waals surface area contributed by atoms with Crippen molar-refractivity contribution < 1.29 is 23.8 Å². The molecule has 0 atom stereocenters. The zero-order valence-corrected chi connectivity index (χ0v) is 20.8. The summed E-state index contributed by atoms with van der Waals surface area (Å²) in [4.78, 5) is 31.0. The van der Waals surface area contributed by atoms with Crippen molar-refractivity contribution in [1.82, 2.24) is 10.2 Å². The van der Waals surface area contributed by atoms with Crippen molar-refractivity contribution in [3.8, 4) is 23.0 Å². The third kappa shape index (κ3) is 5.68. The predicted octanol–water partition coefficient (Wildman–Crippen LogP) is 3.74. The Labute approximate surface area is 216 Å². The molecule has 0 spiro atoms. The van der Waals surface area contributed by atoms with Gasteiger partial charge in [-0.25, -0.2) is 9.69 Å². The monoisotopic (exact) mass is 502 g/mol. The maximum absolute atomic E-state index is 13.2. The van der Waals surface area contributed by atoms with E-state index < -0.39 is 6.03 Å². The molecule has 2 aliphatic rings. The number of hydrogen-bond acceptors (Lipinski definition) is 7. The fourth-order valence-corrected chi connectivity index (χ4v) is 4.41. The minimum Gasteiger partial charge on any atom is -0.493 e. The van der Waals surface area contributed by atoms with Gasteiger partial charge in [-0.1, -0.05) is 18.2 Å². The van der Waals surface area contributed by atoms with E-state index in [4.69, 9.17) is 14.2 Å². The molecule has 2 aliphatic heterocycles. The lowest BCUT2D eigenvalue weighted by molar-refractivity contribution is -0.115. The molecule has 0 saturated carbocycles. The Kier molecular flexibility index (Phi) is 7.53. The number of anilines is 2. The maximum atomic E-state index is 13.2. The van der Waals surface area contributed by atoms with Gasteiger partial charge in [0, 0.05) is 44.5 Å². The number of ether oxygens (including phenoxy) is 3. The topological polar surface area (TPSA) is 83.6 Å². The molecule has 5 rings (SSSR count). The second-order valence-corrected chi connectivity index (χ2v) is 8.78. The van der Waals surface area contributed by atoms with E-state index in [1.807, 2.05) is 30.3 Å². The Morgan fingerprint density at radius 2 is 1.54 bits per heavy atom. The van der Waals surface area contributed by atoms with Crippen molar-refractivity contribution in [3.05, 3.63) is 72.8 Å². The minimum atomic E-state index is -0.420. The van der Waals surface area contributed by atoms with Crippen molar-refractivity contribution >= 4 is 23.3 Å². The molecule has 2 heterocycles. The number of amides is 3. The van der Waals surface area contributed by atoms with Gasteiger partial charge in [0.05, 0.1) is 12.8 Å². The summed E-state index contributed by atoms with van der Waals surface area (Å²) < 4.78 is 17.3. The van der Waals surface area contributed by atoms with Crippen molar-refractivity contribution in [2.45, 2.75) is 0 Å². The van der Waals surface area contributed by atoms with Crippen LogP contribution in [0.1, 0.15) is 0 Å². The van der Waals surface area contributed by atoms with E-state index >= 15 is 0 Å². The van der Waals surface area contributed by atoms with Crippen molar-refractivity contribution in [1.29, 1.82) is 0 Å². The van der Waals surface area contributed by atoms with Gasteiger partial charge in [0.1, 0.15) is 24.7 Å². The average Bonchev–Trinajstić information content (AvgIpc) is 3.24. The number of imide groups is 1. The Bertz CT molecular complexity index is 1230. The third-order valence-corrected chi connectivity index (χ3v) is 6.37. The molecular formula is C28H30N4O5. The molecule has 0 bridgehead atoms. The van der Waals surface area contributed by atoms with Crippen LogP contribution in [0.3, 0.4) is 0 Å². The number of piperazine rings is 1. The fraction of sp³-hybridized carbons (Fsp3) is 0.286. The molecule has 1 N–H and O–H groups in total. The first-order valence-corrected chi connectivity index (χ1v) is 12.3. The van der Waals surface area contributed by atoms with Gasteiger partial charge in [0.2, 0.25) is 0 Å². The van der Waals surface area contributed by atoms with Gasteiger partial charge in [-0.15, -0.1) is 0 Å². The van der Waals surface area contributed by atoms with Crippen LogP contribution in [-0.4, -0.2) is 69.8 Å². The highest BCUT2D eigenvalue weighted by Gasteiger charge is 2.38. The van der Waals surface area contributed by atoms with Gasteiger partial charge < -0.3 is 19.5 Å². The molecule has 2 saturated heterocycles. The molecule has 0 radical (unpaired) electrons. The Morgan fingerprint density at radius 3 is 2.27 bits per heavy atom. The van der Waals surface area contributed by atoms with Crippen LogP contribution >= 0.6 is 0 Å². The normalized spacial score (nSPS) is 16.2. The molecule has 9 heteroatoms. The predicted molar refractivity (Wildman–Crippen MR) is 141 cm³/mol. The lowest BCUT2D eigenvalue weighted by Gasteiger charge is -2.27. The number of carbonyl (C=O) groups excluding carboxylic acids is 2. The summed E-state index contributed by atoms with van der Waals surface area (Å²) in [6, 6.07) is 21.1. The zero-order valence-electron chi connectivity index (χ0n) is 20.8. The number of urea groups is 1. The molecule has 192 valence electrons. The van der Waals surface area contributed by atoms with Gasteiger partial charge in [-0.2, -0.15) is 0 Å². The molecule has 0 aromatic heterocycles. The lowest BCUT2D eigenvalue weighted by atomic mass is 10.2. The first-order valence-electron chi connectivity index (χ1n) is 12.3. The van der Waals surface area contributed by atoms with Crippen LogP contribution in [-0.2, 0) is 4.79 Å². The van der Waals surface area contributed by atoms with E-state index in [2.05, 4.69) is 10.2 Å². The summed E-state index contributed by atoms with van der Waals surface area (Å²) in [7, 11) is 1.56.